The third-order valence-electron chi connectivity index (χ3n) is 4.31. The minimum Gasteiger partial charge on any atom is -0.328 e. The molecule has 1 unspecified atom stereocenters. The first kappa shape index (κ1) is 18.2. The van der Waals surface area contributed by atoms with Gasteiger partial charge in [-0.15, -0.1) is 0 Å². The van der Waals surface area contributed by atoms with Crippen molar-refractivity contribution in [1.82, 2.24) is 14.5 Å². The van der Waals surface area contributed by atoms with Gasteiger partial charge in [-0.1, -0.05) is 6.92 Å². The Hall–Kier alpha value is -2.60. The third kappa shape index (κ3) is 3.80. The molecule has 26 heavy (non-hydrogen) atoms. The van der Waals surface area contributed by atoms with E-state index in [4.69, 9.17) is 5.73 Å². The van der Waals surface area contributed by atoms with Crippen molar-refractivity contribution < 1.29 is 8.78 Å². The Morgan fingerprint density at radius 1 is 1.23 bits per heavy atom. The average Bonchev–Trinajstić information content (AvgIpc) is 3.09. The molecule has 6 heteroatoms. The topological polar surface area (TPSA) is 56.7 Å². The molecule has 2 N–H and O–H groups in total. The minimum atomic E-state index is -0.553. The lowest BCUT2D eigenvalue weighted by molar-refractivity contribution is 0.569. The highest BCUT2D eigenvalue weighted by Crippen LogP contribution is 2.28. The molecule has 0 radical (unpaired) electrons. The highest BCUT2D eigenvalue weighted by molar-refractivity contribution is 5.65. The van der Waals surface area contributed by atoms with Crippen molar-refractivity contribution in [1.29, 1.82) is 0 Å². The molecule has 0 aliphatic rings. The monoisotopic (exact) mass is 356 g/mol. The molecule has 4 nitrogen and oxygen atoms in total. The molecule has 3 aromatic heterocycles. The molecule has 0 aliphatic carbocycles. The minimum absolute atomic E-state index is 0.0183. The number of aromatic nitrogens is 3. The molecule has 0 aliphatic heterocycles. The largest absolute Gasteiger partial charge is 0.328 e. The number of aryl methyl sites for hydroxylation is 2. The second kappa shape index (κ2) is 7.74. The van der Waals surface area contributed by atoms with Gasteiger partial charge in [-0.3, -0.25) is 4.98 Å². The zero-order chi connectivity index (χ0) is 18.7. The van der Waals surface area contributed by atoms with Crippen LogP contribution >= 0.6 is 0 Å². The molecule has 1 atom stereocenters. The highest BCUT2D eigenvalue weighted by atomic mass is 19.1. The summed E-state index contributed by atoms with van der Waals surface area (Å²) in [6, 6.07) is 8.55. The van der Waals surface area contributed by atoms with Gasteiger partial charge in [0.2, 0.25) is 5.95 Å². The molecule has 3 rings (SSSR count). The van der Waals surface area contributed by atoms with Crippen molar-refractivity contribution in [2.24, 2.45) is 5.73 Å². The van der Waals surface area contributed by atoms with Gasteiger partial charge < -0.3 is 10.3 Å². The molecule has 3 aromatic rings. The van der Waals surface area contributed by atoms with E-state index in [1.54, 1.807) is 29.0 Å². The van der Waals surface area contributed by atoms with Crippen LogP contribution in [0.15, 0.2) is 42.7 Å². The van der Waals surface area contributed by atoms with E-state index in [1.165, 1.54) is 12.3 Å². The van der Waals surface area contributed by atoms with Crippen LogP contribution in [0.4, 0.5) is 8.78 Å². The molecular formula is C20H22F2N4. The van der Waals surface area contributed by atoms with E-state index in [0.717, 1.165) is 12.1 Å². The summed E-state index contributed by atoms with van der Waals surface area (Å²) in [6.45, 7) is 3.84. The lowest BCUT2D eigenvalue weighted by atomic mass is 10.0. The van der Waals surface area contributed by atoms with E-state index in [2.05, 4.69) is 9.97 Å². The maximum Gasteiger partial charge on any atom is 0.237 e. The van der Waals surface area contributed by atoms with Gasteiger partial charge in [0, 0.05) is 29.2 Å². The quantitative estimate of drug-likeness (QED) is 0.678. The Kier molecular flexibility index (Phi) is 5.42. The Balaban J connectivity index is 2.07. The predicted octanol–water partition coefficient (Wildman–Crippen LogP) is 4.05. The summed E-state index contributed by atoms with van der Waals surface area (Å²) in [4.78, 5) is 8.23. The fraction of sp³-hybridized carbons (Fsp3) is 0.300. The van der Waals surface area contributed by atoms with Gasteiger partial charge in [0.1, 0.15) is 11.5 Å². The summed E-state index contributed by atoms with van der Waals surface area (Å²) < 4.78 is 30.0. The van der Waals surface area contributed by atoms with Crippen LogP contribution < -0.4 is 5.73 Å². The van der Waals surface area contributed by atoms with Gasteiger partial charge in [0.15, 0.2) is 0 Å². The SMILES string of the molecule is CCc1ccc(-n2cccc2-c2cc(F)cnc2CCC(C)N)c(F)n1. The third-order valence-corrected chi connectivity index (χ3v) is 4.31. The van der Waals surface area contributed by atoms with Crippen LogP contribution in [0.1, 0.15) is 31.7 Å². The van der Waals surface area contributed by atoms with Gasteiger partial charge in [0.05, 0.1) is 11.9 Å². The predicted molar refractivity (Wildman–Crippen MR) is 98.1 cm³/mol. The van der Waals surface area contributed by atoms with Gasteiger partial charge in [0.25, 0.3) is 0 Å². The number of rotatable bonds is 6. The number of halogens is 2. The average molecular weight is 356 g/mol. The van der Waals surface area contributed by atoms with Gasteiger partial charge in [-0.05, 0) is 56.5 Å². The molecule has 0 fully saturated rings. The number of hydrogen-bond donors (Lipinski definition) is 1. The molecule has 0 saturated carbocycles. The van der Waals surface area contributed by atoms with Gasteiger partial charge >= 0.3 is 0 Å². The zero-order valence-corrected chi connectivity index (χ0v) is 14.9. The highest BCUT2D eigenvalue weighted by Gasteiger charge is 2.16. The van der Waals surface area contributed by atoms with Crippen LogP contribution in [-0.4, -0.2) is 20.6 Å². The van der Waals surface area contributed by atoms with E-state index in [0.29, 0.717) is 35.5 Å². The number of hydrogen-bond acceptors (Lipinski definition) is 3. The van der Waals surface area contributed by atoms with Crippen molar-refractivity contribution in [3.63, 3.8) is 0 Å². The molecular weight excluding hydrogens is 334 g/mol. The van der Waals surface area contributed by atoms with Crippen LogP contribution in [-0.2, 0) is 12.8 Å². The summed E-state index contributed by atoms with van der Waals surface area (Å²) in [6.07, 6.45) is 4.94. The lowest BCUT2D eigenvalue weighted by Gasteiger charge is -2.14. The van der Waals surface area contributed by atoms with E-state index < -0.39 is 11.8 Å². The summed E-state index contributed by atoms with van der Waals surface area (Å²) in [5, 5.41) is 0. The van der Waals surface area contributed by atoms with Crippen LogP contribution in [0.5, 0.6) is 0 Å². The fourth-order valence-electron chi connectivity index (χ4n) is 2.90. The van der Waals surface area contributed by atoms with Crippen LogP contribution in [0.3, 0.4) is 0 Å². The maximum absolute atomic E-state index is 14.5. The van der Waals surface area contributed by atoms with E-state index in [1.807, 2.05) is 19.9 Å². The molecule has 0 amide bonds. The zero-order valence-electron chi connectivity index (χ0n) is 14.9. The second-order valence-corrected chi connectivity index (χ2v) is 6.39. The van der Waals surface area contributed by atoms with Gasteiger partial charge in [-0.2, -0.15) is 4.39 Å². The smallest absolute Gasteiger partial charge is 0.237 e. The van der Waals surface area contributed by atoms with Crippen molar-refractivity contribution in [2.45, 2.75) is 39.2 Å². The lowest BCUT2D eigenvalue weighted by Crippen LogP contribution is -2.16. The Bertz CT molecular complexity index is 903. The number of nitrogens with two attached hydrogens (primary N) is 1. The number of pyridine rings is 2. The second-order valence-electron chi connectivity index (χ2n) is 6.39. The molecule has 0 saturated heterocycles. The van der Waals surface area contributed by atoms with Crippen molar-refractivity contribution >= 4 is 0 Å². The van der Waals surface area contributed by atoms with Crippen LogP contribution in [0.2, 0.25) is 0 Å². The summed E-state index contributed by atoms with van der Waals surface area (Å²) in [5.74, 6) is -0.986. The maximum atomic E-state index is 14.5. The summed E-state index contributed by atoms with van der Waals surface area (Å²) >= 11 is 0. The number of nitrogens with zero attached hydrogens (tertiary/aromatic N) is 3. The molecule has 3 heterocycles. The Labute approximate surface area is 151 Å². The van der Waals surface area contributed by atoms with Crippen molar-refractivity contribution in [2.75, 3.05) is 0 Å². The van der Waals surface area contributed by atoms with Crippen molar-refractivity contribution in [3.8, 4) is 16.9 Å². The van der Waals surface area contributed by atoms with Gasteiger partial charge in [-0.25, -0.2) is 9.37 Å². The van der Waals surface area contributed by atoms with E-state index in [-0.39, 0.29) is 6.04 Å². The molecule has 0 bridgehead atoms. The first-order valence-corrected chi connectivity index (χ1v) is 8.73. The standard InChI is InChI=1S/C20H22F2N4/c1-3-15-7-9-19(20(22)25-15)26-10-4-5-18(26)16-11-14(21)12-24-17(16)8-6-13(2)23/h4-5,7,9-13H,3,6,8,23H2,1-2H3. The first-order valence-electron chi connectivity index (χ1n) is 8.73. The Morgan fingerprint density at radius 3 is 2.73 bits per heavy atom. The summed E-state index contributed by atoms with van der Waals surface area (Å²) in [7, 11) is 0. The molecule has 136 valence electrons. The van der Waals surface area contributed by atoms with E-state index in [9.17, 15) is 8.78 Å². The first-order chi connectivity index (χ1) is 12.5. The van der Waals surface area contributed by atoms with Crippen LogP contribution in [0.25, 0.3) is 16.9 Å². The van der Waals surface area contributed by atoms with Crippen molar-refractivity contribution in [3.05, 3.63) is 65.9 Å². The summed E-state index contributed by atoms with van der Waals surface area (Å²) in [5.41, 5.74) is 8.89. The van der Waals surface area contributed by atoms with Crippen LogP contribution in [0, 0.1) is 11.8 Å². The Morgan fingerprint density at radius 2 is 2.04 bits per heavy atom. The normalized spacial score (nSPS) is 12.3. The molecule has 0 spiro atoms. The van der Waals surface area contributed by atoms with E-state index >= 15 is 0 Å². The fourth-order valence-corrected chi connectivity index (χ4v) is 2.90. The molecule has 0 aromatic carbocycles.